The highest BCUT2D eigenvalue weighted by molar-refractivity contribution is 5.71. The third-order valence-electron chi connectivity index (χ3n) is 14.3. The van der Waals surface area contributed by atoms with Crippen molar-refractivity contribution in [3.63, 3.8) is 0 Å². The highest BCUT2D eigenvalue weighted by atomic mass is 16.6. The predicted octanol–water partition coefficient (Wildman–Crippen LogP) is 23.0. The Hall–Kier alpha value is -3.93. The van der Waals surface area contributed by atoms with Crippen molar-refractivity contribution >= 4 is 17.9 Å². The van der Waals surface area contributed by atoms with E-state index in [0.29, 0.717) is 19.3 Å². The molecule has 0 rings (SSSR count). The molecule has 0 saturated heterocycles. The average molecular weight is 1100 g/mol. The predicted molar refractivity (Wildman–Crippen MR) is 343 cm³/mol. The number of carbonyl (C=O) groups is 3. The number of carbonyl (C=O) groups excluding carboxylic acids is 3. The molecule has 0 bridgehead atoms. The van der Waals surface area contributed by atoms with Crippen molar-refractivity contribution in [2.24, 2.45) is 0 Å². The quantitative estimate of drug-likeness (QED) is 0.0261. The van der Waals surface area contributed by atoms with Gasteiger partial charge in [0.1, 0.15) is 13.2 Å². The van der Waals surface area contributed by atoms with E-state index in [1.54, 1.807) is 0 Å². The Bertz CT molecular complexity index is 1590. The lowest BCUT2D eigenvalue weighted by atomic mass is 10.0. The lowest BCUT2D eigenvalue weighted by Gasteiger charge is -2.18. The van der Waals surface area contributed by atoms with Gasteiger partial charge in [-0.3, -0.25) is 14.4 Å². The maximum Gasteiger partial charge on any atom is 0.306 e. The summed E-state index contributed by atoms with van der Waals surface area (Å²) in [7, 11) is 0. The van der Waals surface area contributed by atoms with Crippen LogP contribution in [-0.4, -0.2) is 37.2 Å². The second-order valence-corrected chi connectivity index (χ2v) is 22.0. The lowest BCUT2D eigenvalue weighted by Crippen LogP contribution is -2.30. The van der Waals surface area contributed by atoms with E-state index in [4.69, 9.17) is 14.2 Å². The zero-order valence-corrected chi connectivity index (χ0v) is 51.9. The smallest absolute Gasteiger partial charge is 0.306 e. The number of esters is 3. The molecule has 0 aromatic heterocycles. The molecule has 0 N–H and O–H groups in total. The van der Waals surface area contributed by atoms with E-state index in [1.165, 1.54) is 167 Å². The van der Waals surface area contributed by atoms with Gasteiger partial charge in [0.05, 0.1) is 0 Å². The van der Waals surface area contributed by atoms with Gasteiger partial charge in [-0.1, -0.05) is 310 Å². The van der Waals surface area contributed by atoms with Gasteiger partial charge in [-0.05, 0) is 96.3 Å². The summed E-state index contributed by atoms with van der Waals surface area (Å²) < 4.78 is 16.9. The van der Waals surface area contributed by atoms with Crippen molar-refractivity contribution in [2.45, 2.75) is 322 Å². The maximum atomic E-state index is 12.9. The Labute approximate surface area is 489 Å². The molecule has 0 aromatic carbocycles. The minimum absolute atomic E-state index is 0.0979. The molecule has 0 amide bonds. The van der Waals surface area contributed by atoms with Crippen molar-refractivity contribution in [3.05, 3.63) is 109 Å². The highest BCUT2D eigenvalue weighted by Gasteiger charge is 2.19. The highest BCUT2D eigenvalue weighted by Crippen LogP contribution is 2.17. The van der Waals surface area contributed by atoms with Gasteiger partial charge in [-0.2, -0.15) is 0 Å². The molecule has 0 spiro atoms. The van der Waals surface area contributed by atoms with E-state index in [2.05, 4.69) is 130 Å². The number of hydrogen-bond donors (Lipinski definition) is 0. The van der Waals surface area contributed by atoms with Gasteiger partial charge < -0.3 is 14.2 Å². The average Bonchev–Trinajstić information content (AvgIpc) is 3.45. The van der Waals surface area contributed by atoms with Gasteiger partial charge in [0.15, 0.2) is 6.10 Å². The molecular formula is C73H124O6. The first-order valence-electron chi connectivity index (χ1n) is 33.4. The van der Waals surface area contributed by atoms with E-state index in [-0.39, 0.29) is 37.5 Å². The van der Waals surface area contributed by atoms with Crippen LogP contribution in [0.1, 0.15) is 316 Å². The number of ether oxygens (including phenoxy) is 3. The molecule has 6 heteroatoms. The van der Waals surface area contributed by atoms with Crippen LogP contribution in [0.25, 0.3) is 0 Å². The van der Waals surface area contributed by atoms with Crippen LogP contribution in [0.2, 0.25) is 0 Å². The molecule has 0 heterocycles. The van der Waals surface area contributed by atoms with Gasteiger partial charge in [-0.25, -0.2) is 0 Å². The van der Waals surface area contributed by atoms with Gasteiger partial charge in [0.25, 0.3) is 0 Å². The summed E-state index contributed by atoms with van der Waals surface area (Å²) in [5.74, 6) is -0.945. The number of allylic oxidation sites excluding steroid dienone is 18. The van der Waals surface area contributed by atoms with E-state index in [9.17, 15) is 14.4 Å². The topological polar surface area (TPSA) is 78.9 Å². The molecular weight excluding hydrogens is 973 g/mol. The maximum absolute atomic E-state index is 12.9. The molecule has 1 atom stereocenters. The fraction of sp³-hybridized carbons (Fsp3) is 0.712. The number of hydrogen-bond acceptors (Lipinski definition) is 6. The molecule has 0 saturated carbocycles. The standard InChI is InChI=1S/C73H124O6/c1-4-7-10-13-16-19-22-25-28-31-32-33-34-35-36-37-38-39-40-43-45-48-51-54-57-60-63-66-72(75)78-69-70(79-73(76)67-64-61-58-55-52-49-46-42-30-27-24-21-18-15-12-9-6-3)68-77-71(74)65-62-59-56-53-50-47-44-41-29-26-23-20-17-14-11-8-5-2/h7,9-10,12,16,18-19,21,25,27-28,30,32-33,46,49,55,58,70H,4-6,8,11,13-15,17,20,22-24,26,29,31,34-45,47-48,50-54,56-57,59-69H2,1-3H3/b10-7-,12-9-,19-16-,21-18-,28-25-,30-27-,33-32-,49-46-,58-55-. The SMILES string of the molecule is CC/C=C\C/C=C\C/C=C\C/C=C\C/C=C\CCCC(=O)OC(COC(=O)CCCCCCCCCCCCCCCC/C=C\C/C=C\C/C=C\C/C=C\CC)COC(=O)CCCCCCCCCCCCCCCCCCC. The molecule has 6 nitrogen and oxygen atoms in total. The van der Waals surface area contributed by atoms with Crippen LogP contribution in [0.4, 0.5) is 0 Å². The van der Waals surface area contributed by atoms with Crippen LogP contribution >= 0.6 is 0 Å². The van der Waals surface area contributed by atoms with Crippen LogP contribution in [0.5, 0.6) is 0 Å². The minimum atomic E-state index is -0.809. The van der Waals surface area contributed by atoms with Gasteiger partial charge in [0, 0.05) is 19.3 Å². The summed E-state index contributed by atoms with van der Waals surface area (Å²) in [5.41, 5.74) is 0. The van der Waals surface area contributed by atoms with Crippen LogP contribution in [0, 0.1) is 0 Å². The van der Waals surface area contributed by atoms with Crippen LogP contribution in [-0.2, 0) is 28.6 Å². The summed E-state index contributed by atoms with van der Waals surface area (Å²) in [6.45, 7) is 6.40. The second-order valence-electron chi connectivity index (χ2n) is 22.0. The van der Waals surface area contributed by atoms with Crippen molar-refractivity contribution in [2.75, 3.05) is 13.2 Å². The van der Waals surface area contributed by atoms with Gasteiger partial charge in [0.2, 0.25) is 0 Å². The number of unbranched alkanes of at least 4 members (excludes halogenated alkanes) is 31. The Morgan fingerprint density at radius 1 is 0.266 bits per heavy atom. The zero-order chi connectivity index (χ0) is 57.1. The molecule has 0 aromatic rings. The summed E-state index contributed by atoms with van der Waals surface area (Å²) in [6.07, 6.45) is 91.1. The molecule has 452 valence electrons. The Morgan fingerprint density at radius 3 is 0.810 bits per heavy atom. The monoisotopic (exact) mass is 1100 g/mol. The first-order chi connectivity index (χ1) is 39.0. The van der Waals surface area contributed by atoms with E-state index in [1.807, 2.05) is 0 Å². The lowest BCUT2D eigenvalue weighted by molar-refractivity contribution is -0.167. The molecule has 0 aliphatic heterocycles. The fourth-order valence-electron chi connectivity index (χ4n) is 9.35. The van der Waals surface area contributed by atoms with Crippen molar-refractivity contribution in [3.8, 4) is 0 Å². The Kier molecular flexibility index (Phi) is 63.3. The van der Waals surface area contributed by atoms with Gasteiger partial charge in [-0.15, -0.1) is 0 Å². The third kappa shape index (κ3) is 64.8. The first kappa shape index (κ1) is 75.1. The van der Waals surface area contributed by atoms with E-state index >= 15 is 0 Å². The molecule has 0 fully saturated rings. The molecule has 0 radical (unpaired) electrons. The van der Waals surface area contributed by atoms with Crippen LogP contribution in [0.3, 0.4) is 0 Å². The van der Waals surface area contributed by atoms with Crippen LogP contribution < -0.4 is 0 Å². The molecule has 0 aliphatic carbocycles. The summed E-state index contributed by atoms with van der Waals surface area (Å²) in [6, 6.07) is 0. The van der Waals surface area contributed by atoms with Crippen molar-refractivity contribution in [1.82, 2.24) is 0 Å². The fourth-order valence-corrected chi connectivity index (χ4v) is 9.35. The summed E-state index contributed by atoms with van der Waals surface area (Å²) >= 11 is 0. The molecule has 0 aliphatic rings. The first-order valence-corrected chi connectivity index (χ1v) is 33.4. The minimum Gasteiger partial charge on any atom is -0.462 e. The zero-order valence-electron chi connectivity index (χ0n) is 51.9. The summed E-state index contributed by atoms with van der Waals surface area (Å²) in [5, 5.41) is 0. The third-order valence-corrected chi connectivity index (χ3v) is 14.3. The second kappa shape index (κ2) is 66.6. The Balaban J connectivity index is 4.35. The van der Waals surface area contributed by atoms with E-state index in [0.717, 1.165) is 103 Å². The largest absolute Gasteiger partial charge is 0.462 e. The Morgan fingerprint density at radius 2 is 0.506 bits per heavy atom. The number of rotatable bonds is 60. The van der Waals surface area contributed by atoms with Crippen LogP contribution in [0.15, 0.2) is 109 Å². The summed E-state index contributed by atoms with van der Waals surface area (Å²) in [4.78, 5) is 38.4. The molecule has 79 heavy (non-hydrogen) atoms. The van der Waals surface area contributed by atoms with Crippen molar-refractivity contribution < 1.29 is 28.6 Å². The van der Waals surface area contributed by atoms with Gasteiger partial charge >= 0.3 is 17.9 Å². The molecule has 1 unspecified atom stereocenters. The van der Waals surface area contributed by atoms with E-state index < -0.39 is 6.10 Å². The van der Waals surface area contributed by atoms with Crippen molar-refractivity contribution in [1.29, 1.82) is 0 Å². The normalized spacial score (nSPS) is 12.8.